The predicted octanol–water partition coefficient (Wildman–Crippen LogP) is 7.42. The molecule has 0 amide bonds. The highest BCUT2D eigenvalue weighted by atomic mass is 19.4. The van der Waals surface area contributed by atoms with Gasteiger partial charge in [-0.3, -0.25) is 4.90 Å². The fourth-order valence-corrected chi connectivity index (χ4v) is 5.42. The molecule has 0 spiro atoms. The summed E-state index contributed by atoms with van der Waals surface area (Å²) in [6, 6.07) is 27.1. The van der Waals surface area contributed by atoms with Gasteiger partial charge in [-0.2, -0.15) is 18.2 Å². The number of nitrogens with one attached hydrogen (secondary N) is 1. The SMILES string of the molecule is FC(F)(F)c1ccccc1CCc1cccc(-c2cccc3nc(Nc4ccc(OCCN5CCCC5)cc4)nn23)c1. The lowest BCUT2D eigenvalue weighted by molar-refractivity contribution is -0.138. The molecular weight excluding hydrogens is 539 g/mol. The Balaban J connectivity index is 1.13. The third kappa shape index (κ3) is 6.57. The summed E-state index contributed by atoms with van der Waals surface area (Å²) in [7, 11) is 0. The van der Waals surface area contributed by atoms with E-state index < -0.39 is 11.7 Å². The number of halogens is 3. The highest BCUT2D eigenvalue weighted by Gasteiger charge is 2.32. The van der Waals surface area contributed by atoms with Crippen molar-refractivity contribution in [2.75, 3.05) is 31.6 Å². The molecule has 0 aliphatic carbocycles. The summed E-state index contributed by atoms with van der Waals surface area (Å²) < 4.78 is 48.0. The minimum atomic E-state index is -4.37. The van der Waals surface area contributed by atoms with Gasteiger partial charge in [-0.05, 0) is 98.4 Å². The van der Waals surface area contributed by atoms with Crippen LogP contribution in [0.2, 0.25) is 0 Å². The zero-order valence-electron chi connectivity index (χ0n) is 23.1. The van der Waals surface area contributed by atoms with Crippen molar-refractivity contribution in [2.45, 2.75) is 31.9 Å². The van der Waals surface area contributed by atoms with Crippen LogP contribution in [0.4, 0.5) is 24.8 Å². The average Bonchev–Trinajstić information content (AvgIpc) is 3.66. The number of hydrogen-bond acceptors (Lipinski definition) is 5. The van der Waals surface area contributed by atoms with Gasteiger partial charge in [-0.1, -0.05) is 42.5 Å². The van der Waals surface area contributed by atoms with Crippen molar-refractivity contribution >= 4 is 17.3 Å². The number of aromatic nitrogens is 3. The van der Waals surface area contributed by atoms with E-state index in [0.29, 0.717) is 36.6 Å². The van der Waals surface area contributed by atoms with Crippen molar-refractivity contribution in [3.05, 3.63) is 108 Å². The molecule has 9 heteroatoms. The highest BCUT2D eigenvalue weighted by molar-refractivity contribution is 5.65. The lowest BCUT2D eigenvalue weighted by atomic mass is 9.98. The van der Waals surface area contributed by atoms with E-state index in [2.05, 4.69) is 15.2 Å². The first kappa shape index (κ1) is 27.8. The number of nitrogens with zero attached hydrogens (tertiary/aromatic N) is 4. The number of hydrogen-bond donors (Lipinski definition) is 1. The molecule has 2 aromatic heterocycles. The van der Waals surface area contributed by atoms with E-state index in [1.807, 2.05) is 66.7 Å². The molecule has 0 unspecified atom stereocenters. The first-order chi connectivity index (χ1) is 20.4. The lowest BCUT2D eigenvalue weighted by Crippen LogP contribution is -2.25. The summed E-state index contributed by atoms with van der Waals surface area (Å²) in [5.74, 6) is 1.29. The maximum Gasteiger partial charge on any atom is 0.416 e. The summed E-state index contributed by atoms with van der Waals surface area (Å²) in [4.78, 5) is 7.06. The first-order valence-corrected chi connectivity index (χ1v) is 14.2. The summed E-state index contributed by atoms with van der Waals surface area (Å²) in [6.45, 7) is 3.94. The van der Waals surface area contributed by atoms with Gasteiger partial charge in [0.2, 0.25) is 5.95 Å². The molecule has 1 saturated heterocycles. The quantitative estimate of drug-likeness (QED) is 0.189. The predicted molar refractivity (Wildman–Crippen MR) is 158 cm³/mol. The van der Waals surface area contributed by atoms with E-state index in [4.69, 9.17) is 9.84 Å². The number of rotatable bonds is 10. The molecule has 42 heavy (non-hydrogen) atoms. The van der Waals surface area contributed by atoms with Crippen molar-refractivity contribution < 1.29 is 17.9 Å². The van der Waals surface area contributed by atoms with Crippen molar-refractivity contribution in [3.8, 4) is 17.0 Å². The van der Waals surface area contributed by atoms with Crippen molar-refractivity contribution in [2.24, 2.45) is 0 Å². The molecule has 1 fully saturated rings. The van der Waals surface area contributed by atoms with E-state index >= 15 is 0 Å². The molecule has 3 aromatic carbocycles. The van der Waals surface area contributed by atoms with E-state index in [1.54, 1.807) is 16.6 Å². The van der Waals surface area contributed by atoms with Gasteiger partial charge in [0.15, 0.2) is 5.65 Å². The van der Waals surface area contributed by atoms with Crippen LogP contribution in [0.15, 0.2) is 91.0 Å². The Morgan fingerprint density at radius 3 is 2.43 bits per heavy atom. The molecule has 6 nitrogen and oxygen atoms in total. The number of ether oxygens (including phenoxy) is 1. The van der Waals surface area contributed by atoms with E-state index in [-0.39, 0.29) is 0 Å². The van der Waals surface area contributed by atoms with Crippen LogP contribution in [0.1, 0.15) is 29.5 Å². The number of anilines is 2. The van der Waals surface area contributed by atoms with Gasteiger partial charge in [0.1, 0.15) is 12.4 Å². The van der Waals surface area contributed by atoms with Gasteiger partial charge in [-0.15, -0.1) is 5.10 Å². The smallest absolute Gasteiger partial charge is 0.416 e. The van der Waals surface area contributed by atoms with Crippen LogP contribution in [0.5, 0.6) is 5.75 Å². The van der Waals surface area contributed by atoms with Crippen LogP contribution >= 0.6 is 0 Å². The third-order valence-corrected chi connectivity index (χ3v) is 7.57. The van der Waals surface area contributed by atoms with Gasteiger partial charge >= 0.3 is 6.18 Å². The number of likely N-dealkylation sites (tertiary alicyclic amines) is 1. The second-order valence-corrected chi connectivity index (χ2v) is 10.5. The highest BCUT2D eigenvalue weighted by Crippen LogP contribution is 2.32. The van der Waals surface area contributed by atoms with E-state index in [0.717, 1.165) is 54.0 Å². The van der Waals surface area contributed by atoms with Crippen LogP contribution in [0.25, 0.3) is 16.9 Å². The van der Waals surface area contributed by atoms with Crippen molar-refractivity contribution in [1.82, 2.24) is 19.5 Å². The normalized spacial score (nSPS) is 14.0. The molecular formula is C33H32F3N5O. The number of aryl methyl sites for hydroxylation is 2. The Morgan fingerprint density at radius 2 is 1.62 bits per heavy atom. The number of benzene rings is 3. The van der Waals surface area contributed by atoms with Gasteiger partial charge < -0.3 is 10.1 Å². The van der Waals surface area contributed by atoms with Crippen molar-refractivity contribution in [1.29, 1.82) is 0 Å². The monoisotopic (exact) mass is 571 g/mol. The second kappa shape index (κ2) is 12.2. The maximum absolute atomic E-state index is 13.4. The molecule has 0 bridgehead atoms. The summed E-state index contributed by atoms with van der Waals surface area (Å²) in [5.41, 5.74) is 3.95. The minimum Gasteiger partial charge on any atom is -0.492 e. The van der Waals surface area contributed by atoms with Crippen LogP contribution in [0.3, 0.4) is 0 Å². The fraction of sp³-hybridized carbons (Fsp3) is 0.273. The van der Waals surface area contributed by atoms with Crippen molar-refractivity contribution in [3.63, 3.8) is 0 Å². The number of pyridine rings is 1. The number of fused-ring (bicyclic) bond motifs is 1. The van der Waals surface area contributed by atoms with Gasteiger partial charge in [-0.25, -0.2) is 4.52 Å². The topological polar surface area (TPSA) is 54.7 Å². The Kier molecular flexibility index (Phi) is 8.10. The molecule has 1 N–H and O–H groups in total. The van der Waals surface area contributed by atoms with E-state index in [9.17, 15) is 13.2 Å². The zero-order chi connectivity index (χ0) is 28.9. The Morgan fingerprint density at radius 1 is 0.833 bits per heavy atom. The van der Waals surface area contributed by atoms with Gasteiger partial charge in [0, 0.05) is 17.8 Å². The first-order valence-electron chi connectivity index (χ1n) is 14.2. The fourth-order valence-electron chi connectivity index (χ4n) is 5.42. The summed E-state index contributed by atoms with van der Waals surface area (Å²) in [5, 5.41) is 7.96. The molecule has 216 valence electrons. The average molecular weight is 572 g/mol. The molecule has 5 aromatic rings. The minimum absolute atomic E-state index is 0.295. The van der Waals surface area contributed by atoms with Crippen LogP contribution in [0, 0.1) is 0 Å². The molecule has 6 rings (SSSR count). The molecule has 0 saturated carbocycles. The van der Waals surface area contributed by atoms with Crippen LogP contribution in [-0.4, -0.2) is 45.7 Å². The largest absolute Gasteiger partial charge is 0.492 e. The molecule has 1 aliphatic rings. The Labute approximate surface area is 242 Å². The summed E-state index contributed by atoms with van der Waals surface area (Å²) in [6.07, 6.45) is -1.04. The Bertz CT molecular complexity index is 1640. The second-order valence-electron chi connectivity index (χ2n) is 10.5. The zero-order valence-corrected chi connectivity index (χ0v) is 23.1. The lowest BCUT2D eigenvalue weighted by Gasteiger charge is -2.15. The Hall–Kier alpha value is -4.37. The number of alkyl halides is 3. The summed E-state index contributed by atoms with van der Waals surface area (Å²) >= 11 is 0. The molecule has 0 radical (unpaired) electrons. The standard InChI is InChI=1S/C33H32F3N5O/c34-33(35,36)29-10-2-1-8-25(29)14-13-24-7-5-9-26(23-24)30-11-6-12-31-38-32(39-41(30)31)37-27-15-17-28(18-16-27)42-22-21-40-19-3-4-20-40/h1-2,5-12,15-18,23H,3-4,13-14,19-22H2,(H,37,39). The third-order valence-electron chi connectivity index (χ3n) is 7.57. The maximum atomic E-state index is 13.4. The molecule has 1 aliphatic heterocycles. The van der Waals surface area contributed by atoms with Crippen LogP contribution < -0.4 is 10.1 Å². The van der Waals surface area contributed by atoms with Crippen LogP contribution in [-0.2, 0) is 19.0 Å². The van der Waals surface area contributed by atoms with Gasteiger partial charge in [0.05, 0.1) is 11.3 Å². The molecule has 0 atom stereocenters. The molecule has 3 heterocycles. The van der Waals surface area contributed by atoms with E-state index in [1.165, 1.54) is 18.9 Å². The van der Waals surface area contributed by atoms with Gasteiger partial charge in [0.25, 0.3) is 0 Å².